The molecule has 0 rings (SSSR count). The van der Waals surface area contributed by atoms with E-state index in [2.05, 4.69) is 55.6 Å². The molecular formula is C73H139NO5. The minimum Gasteiger partial charge on any atom is -0.466 e. The Morgan fingerprint density at radius 3 is 1.00 bits per heavy atom. The highest BCUT2D eigenvalue weighted by Gasteiger charge is 2.20. The van der Waals surface area contributed by atoms with E-state index in [0.717, 1.165) is 51.4 Å². The Labute approximate surface area is 494 Å². The summed E-state index contributed by atoms with van der Waals surface area (Å²) >= 11 is 0. The summed E-state index contributed by atoms with van der Waals surface area (Å²) in [5, 5.41) is 23.3. The molecule has 0 spiro atoms. The van der Waals surface area contributed by atoms with Gasteiger partial charge in [-0.3, -0.25) is 9.59 Å². The van der Waals surface area contributed by atoms with Gasteiger partial charge in [-0.05, 0) is 83.5 Å². The third-order valence-electron chi connectivity index (χ3n) is 16.7. The Morgan fingerprint density at radius 2 is 0.633 bits per heavy atom. The molecule has 0 heterocycles. The van der Waals surface area contributed by atoms with Crippen molar-refractivity contribution < 1.29 is 24.5 Å². The van der Waals surface area contributed by atoms with Crippen LogP contribution < -0.4 is 5.32 Å². The monoisotopic (exact) mass is 1110 g/mol. The maximum absolute atomic E-state index is 12.5. The van der Waals surface area contributed by atoms with E-state index < -0.39 is 12.1 Å². The first-order valence-electron chi connectivity index (χ1n) is 35.7. The largest absolute Gasteiger partial charge is 0.466 e. The van der Waals surface area contributed by atoms with Crippen molar-refractivity contribution in [3.8, 4) is 0 Å². The van der Waals surface area contributed by atoms with E-state index in [1.54, 1.807) is 0 Å². The lowest BCUT2D eigenvalue weighted by atomic mass is 10.0. The molecule has 466 valence electrons. The highest BCUT2D eigenvalue weighted by atomic mass is 16.5. The third kappa shape index (κ3) is 65.1. The molecule has 0 saturated heterocycles. The van der Waals surface area contributed by atoms with E-state index in [1.807, 2.05) is 0 Å². The molecule has 2 atom stereocenters. The van der Waals surface area contributed by atoms with E-state index in [4.69, 9.17) is 4.74 Å². The van der Waals surface area contributed by atoms with Gasteiger partial charge < -0.3 is 20.3 Å². The molecular weight excluding hydrogens is 971 g/mol. The molecule has 79 heavy (non-hydrogen) atoms. The van der Waals surface area contributed by atoms with Crippen molar-refractivity contribution in [1.29, 1.82) is 0 Å². The molecule has 2 unspecified atom stereocenters. The SMILES string of the molecule is CCCCC/C=C\C/C=C\CCCCCCCC(=O)OCCCCCCCCCCCCCC/C=C\CCCCCCCCCCCCCCCCCCC(=O)NC(CO)C(O)CCCCCCCCCCCCCCCCC. The second-order valence-corrected chi connectivity index (χ2v) is 24.6. The number of carbonyl (C=O) groups is 2. The fourth-order valence-electron chi connectivity index (χ4n) is 11.2. The van der Waals surface area contributed by atoms with Crippen molar-refractivity contribution in [1.82, 2.24) is 5.32 Å². The number of unbranched alkanes of at least 4 members (excludes halogenated alkanes) is 50. The number of rotatable bonds is 67. The second kappa shape index (κ2) is 68.6. The molecule has 6 heteroatoms. The molecule has 0 bridgehead atoms. The zero-order valence-corrected chi connectivity index (χ0v) is 53.4. The van der Waals surface area contributed by atoms with Gasteiger partial charge in [-0.15, -0.1) is 0 Å². The number of aliphatic hydroxyl groups excluding tert-OH is 2. The van der Waals surface area contributed by atoms with Crippen LogP contribution in [0.25, 0.3) is 0 Å². The van der Waals surface area contributed by atoms with E-state index in [9.17, 15) is 19.8 Å². The number of hydrogen-bond acceptors (Lipinski definition) is 5. The number of carbonyl (C=O) groups excluding carboxylic acids is 2. The lowest BCUT2D eigenvalue weighted by Crippen LogP contribution is -2.45. The molecule has 0 aromatic heterocycles. The van der Waals surface area contributed by atoms with E-state index >= 15 is 0 Å². The van der Waals surface area contributed by atoms with Gasteiger partial charge in [-0.2, -0.15) is 0 Å². The molecule has 0 fully saturated rings. The lowest BCUT2D eigenvalue weighted by molar-refractivity contribution is -0.143. The Kier molecular flexibility index (Phi) is 66.9. The Hall–Kier alpha value is -1.92. The minimum atomic E-state index is -0.662. The van der Waals surface area contributed by atoms with Gasteiger partial charge in [0.1, 0.15) is 0 Å². The van der Waals surface area contributed by atoms with Crippen LogP contribution in [0.5, 0.6) is 0 Å². The molecule has 3 N–H and O–H groups in total. The second-order valence-electron chi connectivity index (χ2n) is 24.6. The Morgan fingerprint density at radius 1 is 0.354 bits per heavy atom. The van der Waals surface area contributed by atoms with Crippen molar-refractivity contribution in [3.05, 3.63) is 36.5 Å². The summed E-state index contributed by atoms with van der Waals surface area (Å²) in [4.78, 5) is 24.6. The smallest absolute Gasteiger partial charge is 0.305 e. The van der Waals surface area contributed by atoms with Crippen LogP contribution in [0.2, 0.25) is 0 Å². The van der Waals surface area contributed by atoms with Crippen LogP contribution in [0, 0.1) is 0 Å². The van der Waals surface area contributed by atoms with Crippen molar-refractivity contribution in [2.24, 2.45) is 0 Å². The minimum absolute atomic E-state index is 0.00449. The maximum Gasteiger partial charge on any atom is 0.305 e. The number of ether oxygens (including phenoxy) is 1. The van der Waals surface area contributed by atoms with E-state index in [0.29, 0.717) is 25.9 Å². The average Bonchev–Trinajstić information content (AvgIpc) is 3.45. The number of esters is 1. The van der Waals surface area contributed by atoms with Gasteiger partial charge in [0.15, 0.2) is 0 Å². The predicted molar refractivity (Wildman–Crippen MR) is 347 cm³/mol. The average molecular weight is 1110 g/mol. The standard InChI is InChI=1S/C73H139NO5/c1-3-5-7-9-11-13-15-17-37-41-45-49-53-57-61-65-71(76)70(69-75)74-72(77)66-62-58-54-50-46-42-39-35-33-31-29-27-25-23-21-19-20-22-24-26-28-30-32-34-36-40-44-48-52-56-60-64-68-79-73(78)67-63-59-55-51-47-43-38-18-16-14-12-10-8-6-4-2/h12,14,18,22,24,38,70-71,75-76H,3-11,13,15-17,19-21,23,25-37,39-69H2,1-2H3,(H,74,77)/b14-12-,24-22-,38-18-. The molecule has 0 aliphatic rings. The summed E-state index contributed by atoms with van der Waals surface area (Å²) in [6, 6.07) is -0.539. The van der Waals surface area contributed by atoms with Crippen molar-refractivity contribution >= 4 is 11.9 Å². The van der Waals surface area contributed by atoms with Crippen molar-refractivity contribution in [2.45, 2.75) is 405 Å². The van der Waals surface area contributed by atoms with Crippen LogP contribution in [-0.4, -0.2) is 47.4 Å². The number of aliphatic hydroxyl groups is 2. The molecule has 0 radical (unpaired) electrons. The highest BCUT2D eigenvalue weighted by Crippen LogP contribution is 2.19. The van der Waals surface area contributed by atoms with Gasteiger partial charge >= 0.3 is 5.97 Å². The van der Waals surface area contributed by atoms with Gasteiger partial charge in [-0.1, -0.05) is 333 Å². The molecule has 0 saturated carbocycles. The normalized spacial score (nSPS) is 12.7. The zero-order chi connectivity index (χ0) is 57.1. The summed E-state index contributed by atoms with van der Waals surface area (Å²) < 4.78 is 5.49. The summed E-state index contributed by atoms with van der Waals surface area (Å²) in [7, 11) is 0. The summed E-state index contributed by atoms with van der Waals surface area (Å²) in [5.41, 5.74) is 0. The lowest BCUT2D eigenvalue weighted by Gasteiger charge is -2.22. The van der Waals surface area contributed by atoms with Gasteiger partial charge in [-0.25, -0.2) is 0 Å². The zero-order valence-electron chi connectivity index (χ0n) is 53.4. The Balaban J connectivity index is 3.35. The van der Waals surface area contributed by atoms with Gasteiger partial charge in [0, 0.05) is 12.8 Å². The fraction of sp³-hybridized carbons (Fsp3) is 0.890. The number of allylic oxidation sites excluding steroid dienone is 6. The quantitative estimate of drug-likeness (QED) is 0.0320. The Bertz CT molecular complexity index is 1280. The number of amides is 1. The van der Waals surface area contributed by atoms with E-state index in [-0.39, 0.29) is 18.5 Å². The topological polar surface area (TPSA) is 95.9 Å². The maximum atomic E-state index is 12.5. The van der Waals surface area contributed by atoms with Gasteiger partial charge in [0.2, 0.25) is 5.91 Å². The molecule has 1 amide bonds. The van der Waals surface area contributed by atoms with Crippen LogP contribution >= 0.6 is 0 Å². The summed E-state index contributed by atoms with van der Waals surface area (Å²) in [6.45, 7) is 4.95. The third-order valence-corrected chi connectivity index (χ3v) is 16.7. The van der Waals surface area contributed by atoms with Crippen LogP contribution in [0.15, 0.2) is 36.5 Å². The first-order chi connectivity index (χ1) is 39.0. The number of nitrogens with one attached hydrogen (secondary N) is 1. The molecule has 6 nitrogen and oxygen atoms in total. The molecule has 0 aromatic rings. The van der Waals surface area contributed by atoms with Crippen molar-refractivity contribution in [2.75, 3.05) is 13.2 Å². The van der Waals surface area contributed by atoms with Gasteiger partial charge in [0.25, 0.3) is 0 Å². The highest BCUT2D eigenvalue weighted by molar-refractivity contribution is 5.76. The number of hydrogen-bond donors (Lipinski definition) is 3. The molecule has 0 aromatic carbocycles. The molecule has 0 aliphatic heterocycles. The van der Waals surface area contributed by atoms with Gasteiger partial charge in [0.05, 0.1) is 25.4 Å². The molecule has 0 aliphatic carbocycles. The van der Waals surface area contributed by atoms with Crippen LogP contribution in [0.1, 0.15) is 393 Å². The van der Waals surface area contributed by atoms with Crippen molar-refractivity contribution in [3.63, 3.8) is 0 Å². The van der Waals surface area contributed by atoms with Crippen LogP contribution in [0.4, 0.5) is 0 Å². The first-order valence-corrected chi connectivity index (χ1v) is 35.7. The summed E-state index contributed by atoms with van der Waals surface area (Å²) in [5.74, 6) is -0.0253. The first kappa shape index (κ1) is 77.1. The predicted octanol–water partition coefficient (Wildman–Crippen LogP) is 23.1. The summed E-state index contributed by atoms with van der Waals surface area (Å²) in [6.07, 6.45) is 87.7. The van der Waals surface area contributed by atoms with E-state index in [1.165, 1.54) is 308 Å². The van der Waals surface area contributed by atoms with Crippen LogP contribution in [-0.2, 0) is 14.3 Å². The van der Waals surface area contributed by atoms with Crippen LogP contribution in [0.3, 0.4) is 0 Å². The fourth-order valence-corrected chi connectivity index (χ4v) is 11.2.